The highest BCUT2D eigenvalue weighted by molar-refractivity contribution is 4.95. The predicted molar refractivity (Wildman–Crippen MR) is 67.6 cm³/mol. The highest BCUT2D eigenvalue weighted by atomic mass is 15.4. The molecule has 0 aromatic carbocycles. The van der Waals surface area contributed by atoms with Crippen LogP contribution in [0.15, 0.2) is 6.20 Å². The summed E-state index contributed by atoms with van der Waals surface area (Å²) in [5.74, 6) is 0. The maximum atomic E-state index is 4.18. The van der Waals surface area contributed by atoms with Crippen LogP contribution >= 0.6 is 0 Å². The van der Waals surface area contributed by atoms with Gasteiger partial charge in [-0.3, -0.25) is 9.58 Å². The van der Waals surface area contributed by atoms with Gasteiger partial charge in [-0.1, -0.05) is 19.1 Å². The van der Waals surface area contributed by atoms with Gasteiger partial charge in [0.15, 0.2) is 0 Å². The molecule has 0 bridgehead atoms. The molecule has 0 aliphatic carbocycles. The van der Waals surface area contributed by atoms with Gasteiger partial charge in [0, 0.05) is 45.0 Å². The van der Waals surface area contributed by atoms with Crippen LogP contribution in [0.2, 0.25) is 0 Å². The third-order valence-electron chi connectivity index (χ3n) is 3.59. The normalized spacial score (nSPS) is 26.3. The first kappa shape index (κ1) is 12.5. The van der Waals surface area contributed by atoms with E-state index >= 15 is 0 Å². The summed E-state index contributed by atoms with van der Waals surface area (Å²) in [5, 5.41) is 11.8. The molecule has 1 aliphatic heterocycles. The maximum Gasteiger partial charge on any atom is 0.0967 e. The Hall–Kier alpha value is -0.940. The van der Waals surface area contributed by atoms with Crippen LogP contribution in [0.5, 0.6) is 0 Å². The highest BCUT2D eigenvalue weighted by Gasteiger charge is 2.26. The van der Waals surface area contributed by atoms with E-state index in [0.717, 1.165) is 25.3 Å². The summed E-state index contributed by atoms with van der Waals surface area (Å²) in [6.07, 6.45) is 4.38. The number of hydrogen-bond acceptors (Lipinski definition) is 4. The Kier molecular flexibility index (Phi) is 4.12. The van der Waals surface area contributed by atoms with Crippen LogP contribution in [0.25, 0.3) is 0 Å². The van der Waals surface area contributed by atoms with Gasteiger partial charge in [-0.2, -0.15) is 0 Å². The van der Waals surface area contributed by atoms with Gasteiger partial charge in [-0.15, -0.1) is 5.10 Å². The number of aromatic nitrogens is 3. The molecule has 0 saturated carbocycles. The average molecular weight is 237 g/mol. The second-order valence-corrected chi connectivity index (χ2v) is 4.89. The fraction of sp³-hybridized carbons (Fsp3) is 0.833. The van der Waals surface area contributed by atoms with E-state index in [1.807, 2.05) is 13.2 Å². The van der Waals surface area contributed by atoms with Crippen molar-refractivity contribution in [3.63, 3.8) is 0 Å². The Labute approximate surface area is 103 Å². The number of hydrogen-bond donors (Lipinski definition) is 1. The smallest absolute Gasteiger partial charge is 0.0967 e. The van der Waals surface area contributed by atoms with E-state index in [1.165, 1.54) is 12.8 Å². The van der Waals surface area contributed by atoms with Gasteiger partial charge >= 0.3 is 0 Å². The van der Waals surface area contributed by atoms with E-state index in [-0.39, 0.29) is 0 Å². The summed E-state index contributed by atoms with van der Waals surface area (Å²) in [4.78, 5) is 2.54. The average Bonchev–Trinajstić information content (AvgIpc) is 2.74. The zero-order valence-electron chi connectivity index (χ0n) is 11.1. The lowest BCUT2D eigenvalue weighted by molar-refractivity contribution is 0.116. The van der Waals surface area contributed by atoms with Gasteiger partial charge < -0.3 is 5.32 Å². The number of rotatable bonds is 4. The Morgan fingerprint density at radius 1 is 1.41 bits per heavy atom. The fourth-order valence-corrected chi connectivity index (χ4v) is 2.47. The number of nitrogens with zero attached hydrogens (tertiary/aromatic N) is 4. The molecular weight excluding hydrogens is 214 g/mol. The van der Waals surface area contributed by atoms with Crippen LogP contribution in [0.1, 0.15) is 32.4 Å². The van der Waals surface area contributed by atoms with E-state index in [0.29, 0.717) is 12.1 Å². The summed E-state index contributed by atoms with van der Waals surface area (Å²) in [6, 6.07) is 1.24. The molecule has 2 heterocycles. The summed E-state index contributed by atoms with van der Waals surface area (Å²) in [6.45, 7) is 7.62. The van der Waals surface area contributed by atoms with E-state index in [4.69, 9.17) is 0 Å². The number of nitrogens with one attached hydrogen (secondary N) is 1. The Morgan fingerprint density at radius 3 is 2.82 bits per heavy atom. The molecule has 0 amide bonds. The van der Waals surface area contributed by atoms with Crippen LogP contribution in [-0.2, 0) is 13.6 Å². The molecule has 0 radical (unpaired) electrons. The Morgan fingerprint density at radius 2 is 2.24 bits per heavy atom. The minimum Gasteiger partial charge on any atom is -0.311 e. The van der Waals surface area contributed by atoms with E-state index < -0.39 is 0 Å². The van der Waals surface area contributed by atoms with Crippen molar-refractivity contribution in [2.24, 2.45) is 7.05 Å². The molecule has 5 heteroatoms. The Balaban J connectivity index is 2.00. The monoisotopic (exact) mass is 237 g/mol. The molecule has 1 aromatic rings. The standard InChI is InChI=1S/C12H23N5/c1-4-10-8-17(12(5-2)6-13-10)9-11-7-16(3)15-14-11/h7,10,12-13H,4-6,8-9H2,1-3H3. The maximum absolute atomic E-state index is 4.18. The molecule has 2 atom stereocenters. The first-order valence-electron chi connectivity index (χ1n) is 6.55. The van der Waals surface area contributed by atoms with Gasteiger partial charge in [0.2, 0.25) is 0 Å². The van der Waals surface area contributed by atoms with Gasteiger partial charge in [0.05, 0.1) is 5.69 Å². The lowest BCUT2D eigenvalue weighted by Gasteiger charge is -2.39. The largest absolute Gasteiger partial charge is 0.311 e. The van der Waals surface area contributed by atoms with Gasteiger partial charge in [0.25, 0.3) is 0 Å². The SMILES string of the molecule is CCC1CN(Cc2cn(C)nn2)C(CC)CN1. The summed E-state index contributed by atoms with van der Waals surface area (Å²) >= 11 is 0. The number of aryl methyl sites for hydroxylation is 1. The quantitative estimate of drug-likeness (QED) is 0.840. The van der Waals surface area contributed by atoms with Crippen molar-refractivity contribution in [3.05, 3.63) is 11.9 Å². The zero-order chi connectivity index (χ0) is 12.3. The fourth-order valence-electron chi connectivity index (χ4n) is 2.47. The molecule has 1 fully saturated rings. The van der Waals surface area contributed by atoms with Gasteiger partial charge in [-0.05, 0) is 12.8 Å². The second-order valence-electron chi connectivity index (χ2n) is 4.89. The van der Waals surface area contributed by atoms with Crippen LogP contribution in [0, 0.1) is 0 Å². The molecule has 0 spiro atoms. The molecule has 1 N–H and O–H groups in total. The molecule has 2 rings (SSSR count). The molecule has 5 nitrogen and oxygen atoms in total. The molecule has 2 unspecified atom stereocenters. The molecule has 96 valence electrons. The van der Waals surface area contributed by atoms with Gasteiger partial charge in [-0.25, -0.2) is 0 Å². The van der Waals surface area contributed by atoms with Crippen molar-refractivity contribution in [3.8, 4) is 0 Å². The van der Waals surface area contributed by atoms with E-state index in [2.05, 4.69) is 34.4 Å². The highest BCUT2D eigenvalue weighted by Crippen LogP contribution is 2.14. The summed E-state index contributed by atoms with van der Waals surface area (Å²) in [5.41, 5.74) is 1.07. The first-order chi connectivity index (χ1) is 8.22. The van der Waals surface area contributed by atoms with Gasteiger partial charge in [0.1, 0.15) is 0 Å². The Bertz CT molecular complexity index is 348. The molecule has 1 aromatic heterocycles. The summed E-state index contributed by atoms with van der Waals surface area (Å²) in [7, 11) is 1.92. The molecule has 1 saturated heterocycles. The van der Waals surface area contributed by atoms with Crippen LogP contribution in [0.3, 0.4) is 0 Å². The van der Waals surface area contributed by atoms with Crippen LogP contribution < -0.4 is 5.32 Å². The predicted octanol–water partition coefficient (Wildman–Crippen LogP) is 0.777. The topological polar surface area (TPSA) is 46.0 Å². The molecule has 17 heavy (non-hydrogen) atoms. The minimum absolute atomic E-state index is 0.620. The van der Waals surface area contributed by atoms with Crippen molar-refractivity contribution in [1.82, 2.24) is 25.2 Å². The van der Waals surface area contributed by atoms with Crippen molar-refractivity contribution >= 4 is 0 Å². The molecular formula is C12H23N5. The lowest BCUT2D eigenvalue weighted by Crippen LogP contribution is -2.55. The van der Waals surface area contributed by atoms with Crippen LogP contribution in [-0.4, -0.2) is 45.1 Å². The number of piperazine rings is 1. The molecule has 1 aliphatic rings. The lowest BCUT2D eigenvalue weighted by atomic mass is 10.1. The second kappa shape index (κ2) is 5.60. The van der Waals surface area contributed by atoms with E-state index in [1.54, 1.807) is 4.68 Å². The minimum atomic E-state index is 0.620. The third-order valence-corrected chi connectivity index (χ3v) is 3.59. The first-order valence-corrected chi connectivity index (χ1v) is 6.55. The van der Waals surface area contributed by atoms with Crippen molar-refractivity contribution in [1.29, 1.82) is 0 Å². The van der Waals surface area contributed by atoms with E-state index in [9.17, 15) is 0 Å². The van der Waals surface area contributed by atoms with Crippen molar-refractivity contribution < 1.29 is 0 Å². The third kappa shape index (κ3) is 3.04. The summed E-state index contributed by atoms with van der Waals surface area (Å²) < 4.78 is 1.77. The van der Waals surface area contributed by atoms with Crippen molar-refractivity contribution in [2.45, 2.75) is 45.3 Å². The zero-order valence-corrected chi connectivity index (χ0v) is 11.1. The van der Waals surface area contributed by atoms with Crippen LogP contribution in [0.4, 0.5) is 0 Å². The van der Waals surface area contributed by atoms with Crippen molar-refractivity contribution in [2.75, 3.05) is 13.1 Å².